The molecule has 0 aromatic carbocycles. The van der Waals surface area contributed by atoms with E-state index in [1.807, 2.05) is 33.1 Å². The molecule has 7 nitrogen and oxygen atoms in total. The summed E-state index contributed by atoms with van der Waals surface area (Å²) in [6.45, 7) is 0. The minimum Gasteiger partial charge on any atom is -0.472 e. The van der Waals surface area contributed by atoms with E-state index >= 15 is 0 Å². The maximum atomic E-state index is 12.0. The fourth-order valence-electron chi connectivity index (χ4n) is 1.60. The van der Waals surface area contributed by atoms with E-state index < -0.39 is 0 Å². The standard InChI is InChI=1S/C13H17N5O2/c1-17(2)11-10(7-14-13(16-11)18(3)4)15-12(19)9-5-6-20-8-9/h5-8H,1-4H3,(H,15,19). The Hall–Kier alpha value is -2.57. The van der Waals surface area contributed by atoms with Crippen LogP contribution in [0.4, 0.5) is 17.5 Å². The number of carbonyl (C=O) groups excluding carboxylic acids is 1. The second-order valence-corrected chi connectivity index (χ2v) is 4.66. The van der Waals surface area contributed by atoms with Gasteiger partial charge in [0.05, 0.1) is 18.0 Å². The molecule has 0 aliphatic rings. The summed E-state index contributed by atoms with van der Waals surface area (Å²) < 4.78 is 4.89. The molecule has 2 aromatic heterocycles. The van der Waals surface area contributed by atoms with Gasteiger partial charge in [-0.2, -0.15) is 4.98 Å². The van der Waals surface area contributed by atoms with Crippen molar-refractivity contribution < 1.29 is 9.21 Å². The van der Waals surface area contributed by atoms with E-state index in [0.717, 1.165) is 0 Å². The van der Waals surface area contributed by atoms with Crippen LogP contribution in [-0.4, -0.2) is 44.1 Å². The number of hydrogen-bond donors (Lipinski definition) is 1. The molecule has 0 aliphatic carbocycles. The van der Waals surface area contributed by atoms with E-state index in [0.29, 0.717) is 23.0 Å². The maximum absolute atomic E-state index is 12.0. The predicted molar refractivity (Wildman–Crippen MR) is 77.3 cm³/mol. The van der Waals surface area contributed by atoms with Gasteiger partial charge >= 0.3 is 0 Å². The number of aromatic nitrogens is 2. The van der Waals surface area contributed by atoms with E-state index in [4.69, 9.17) is 4.42 Å². The molecule has 0 radical (unpaired) electrons. The molecule has 0 saturated heterocycles. The van der Waals surface area contributed by atoms with Gasteiger partial charge in [0.25, 0.3) is 5.91 Å². The molecule has 1 N–H and O–H groups in total. The van der Waals surface area contributed by atoms with Crippen LogP contribution in [-0.2, 0) is 0 Å². The van der Waals surface area contributed by atoms with Crippen molar-refractivity contribution in [2.75, 3.05) is 43.3 Å². The summed E-state index contributed by atoms with van der Waals surface area (Å²) in [6.07, 6.45) is 4.43. The van der Waals surface area contributed by atoms with Gasteiger partial charge in [0.2, 0.25) is 5.95 Å². The van der Waals surface area contributed by atoms with Crippen LogP contribution in [0.1, 0.15) is 10.4 Å². The molecule has 7 heteroatoms. The summed E-state index contributed by atoms with van der Waals surface area (Å²) in [5.41, 5.74) is 0.998. The zero-order valence-electron chi connectivity index (χ0n) is 11.9. The van der Waals surface area contributed by atoms with Gasteiger partial charge in [-0.15, -0.1) is 0 Å². The molecule has 0 unspecified atom stereocenters. The zero-order valence-corrected chi connectivity index (χ0v) is 11.9. The molecule has 1 amide bonds. The summed E-state index contributed by atoms with van der Waals surface area (Å²) in [5, 5.41) is 2.78. The first-order chi connectivity index (χ1) is 9.49. The first kappa shape index (κ1) is 13.9. The highest BCUT2D eigenvalue weighted by Crippen LogP contribution is 2.23. The number of anilines is 3. The van der Waals surface area contributed by atoms with Gasteiger partial charge in [-0.05, 0) is 6.07 Å². The fraction of sp³-hybridized carbons (Fsp3) is 0.308. The minimum atomic E-state index is -0.261. The monoisotopic (exact) mass is 275 g/mol. The van der Waals surface area contributed by atoms with Crippen LogP contribution >= 0.6 is 0 Å². The summed E-state index contributed by atoms with van der Waals surface area (Å²) in [6, 6.07) is 1.60. The Balaban J connectivity index is 2.29. The molecule has 0 aliphatic heterocycles. The SMILES string of the molecule is CN(C)c1ncc(NC(=O)c2ccoc2)c(N(C)C)n1. The molecule has 0 spiro atoms. The van der Waals surface area contributed by atoms with E-state index in [1.54, 1.807) is 17.2 Å². The first-order valence-electron chi connectivity index (χ1n) is 6.04. The Morgan fingerprint density at radius 1 is 1.25 bits per heavy atom. The van der Waals surface area contributed by atoms with E-state index in [2.05, 4.69) is 15.3 Å². The van der Waals surface area contributed by atoms with Crippen LogP contribution in [0.25, 0.3) is 0 Å². The Morgan fingerprint density at radius 3 is 2.55 bits per heavy atom. The average molecular weight is 275 g/mol. The molecular formula is C13H17N5O2. The second kappa shape index (κ2) is 5.60. The number of carbonyl (C=O) groups is 1. The van der Waals surface area contributed by atoms with Crippen molar-refractivity contribution >= 4 is 23.4 Å². The lowest BCUT2D eigenvalue weighted by Crippen LogP contribution is -2.20. The smallest absolute Gasteiger partial charge is 0.259 e. The summed E-state index contributed by atoms with van der Waals surface area (Å²) in [4.78, 5) is 24.2. The lowest BCUT2D eigenvalue weighted by molar-refractivity contribution is 0.102. The van der Waals surface area contributed by atoms with Gasteiger partial charge in [0.15, 0.2) is 5.82 Å². The number of amides is 1. The van der Waals surface area contributed by atoms with Crippen LogP contribution in [0.5, 0.6) is 0 Å². The van der Waals surface area contributed by atoms with Crippen molar-refractivity contribution in [1.82, 2.24) is 9.97 Å². The molecule has 0 saturated carbocycles. The topological polar surface area (TPSA) is 74.5 Å². The Morgan fingerprint density at radius 2 is 2.00 bits per heavy atom. The van der Waals surface area contributed by atoms with Crippen LogP contribution in [0, 0.1) is 0 Å². The summed E-state index contributed by atoms with van der Waals surface area (Å²) in [7, 11) is 7.43. The highest BCUT2D eigenvalue weighted by Gasteiger charge is 2.14. The molecule has 20 heavy (non-hydrogen) atoms. The van der Waals surface area contributed by atoms with Crippen LogP contribution < -0.4 is 15.1 Å². The molecule has 106 valence electrons. The van der Waals surface area contributed by atoms with Crippen molar-refractivity contribution in [1.29, 1.82) is 0 Å². The molecule has 0 bridgehead atoms. The molecule has 2 heterocycles. The number of hydrogen-bond acceptors (Lipinski definition) is 6. The molecule has 0 fully saturated rings. The largest absolute Gasteiger partial charge is 0.472 e. The third kappa shape index (κ3) is 2.87. The number of nitrogens with zero attached hydrogens (tertiary/aromatic N) is 4. The van der Waals surface area contributed by atoms with E-state index in [1.165, 1.54) is 12.5 Å². The van der Waals surface area contributed by atoms with E-state index in [9.17, 15) is 4.79 Å². The number of rotatable bonds is 4. The maximum Gasteiger partial charge on any atom is 0.259 e. The predicted octanol–water partition coefficient (Wildman–Crippen LogP) is 1.45. The molecule has 2 rings (SSSR count). The highest BCUT2D eigenvalue weighted by molar-refractivity contribution is 6.05. The second-order valence-electron chi connectivity index (χ2n) is 4.66. The normalized spacial score (nSPS) is 10.2. The number of furan rings is 1. The van der Waals surface area contributed by atoms with Crippen molar-refractivity contribution in [3.63, 3.8) is 0 Å². The Bertz CT molecular complexity index is 593. The van der Waals surface area contributed by atoms with Gasteiger partial charge in [0, 0.05) is 28.2 Å². The first-order valence-corrected chi connectivity index (χ1v) is 6.04. The zero-order chi connectivity index (χ0) is 14.7. The van der Waals surface area contributed by atoms with Gasteiger partial charge in [0.1, 0.15) is 12.0 Å². The Labute approximate surface area is 117 Å². The molecular weight excluding hydrogens is 258 g/mol. The van der Waals surface area contributed by atoms with Gasteiger partial charge in [-0.3, -0.25) is 4.79 Å². The van der Waals surface area contributed by atoms with Gasteiger partial charge < -0.3 is 19.5 Å². The van der Waals surface area contributed by atoms with Crippen molar-refractivity contribution in [2.45, 2.75) is 0 Å². The van der Waals surface area contributed by atoms with Crippen molar-refractivity contribution in [3.05, 3.63) is 30.4 Å². The van der Waals surface area contributed by atoms with Gasteiger partial charge in [-0.25, -0.2) is 4.98 Å². The fourth-order valence-corrected chi connectivity index (χ4v) is 1.60. The van der Waals surface area contributed by atoms with Crippen LogP contribution in [0.2, 0.25) is 0 Å². The van der Waals surface area contributed by atoms with Crippen LogP contribution in [0.15, 0.2) is 29.2 Å². The van der Waals surface area contributed by atoms with Gasteiger partial charge in [-0.1, -0.05) is 0 Å². The lowest BCUT2D eigenvalue weighted by Gasteiger charge is -2.19. The van der Waals surface area contributed by atoms with E-state index in [-0.39, 0.29) is 5.91 Å². The third-order valence-electron chi connectivity index (χ3n) is 2.61. The van der Waals surface area contributed by atoms with Crippen molar-refractivity contribution in [3.8, 4) is 0 Å². The quantitative estimate of drug-likeness (QED) is 0.910. The summed E-state index contributed by atoms with van der Waals surface area (Å²) >= 11 is 0. The lowest BCUT2D eigenvalue weighted by atomic mass is 10.3. The molecule has 0 atom stereocenters. The minimum absolute atomic E-state index is 0.261. The highest BCUT2D eigenvalue weighted by atomic mass is 16.3. The number of nitrogens with one attached hydrogen (secondary N) is 1. The summed E-state index contributed by atoms with van der Waals surface area (Å²) in [5.74, 6) is 0.957. The average Bonchev–Trinajstić information content (AvgIpc) is 2.92. The Kier molecular flexibility index (Phi) is 3.88. The van der Waals surface area contributed by atoms with Crippen molar-refractivity contribution in [2.24, 2.45) is 0 Å². The third-order valence-corrected chi connectivity index (χ3v) is 2.61. The molecule has 2 aromatic rings. The van der Waals surface area contributed by atoms with Crippen LogP contribution in [0.3, 0.4) is 0 Å².